The Bertz CT molecular complexity index is 338. The van der Waals surface area contributed by atoms with E-state index in [4.69, 9.17) is 0 Å². The summed E-state index contributed by atoms with van der Waals surface area (Å²) in [4.78, 5) is 12.4. The maximum atomic E-state index is 11.0. The van der Waals surface area contributed by atoms with Crippen molar-refractivity contribution in [1.29, 1.82) is 0 Å². The quantitative estimate of drug-likeness (QED) is 0.626. The van der Waals surface area contributed by atoms with Gasteiger partial charge in [0.2, 0.25) is 0 Å². The summed E-state index contributed by atoms with van der Waals surface area (Å²) in [6, 6.07) is 5.53. The van der Waals surface area contributed by atoms with Crippen molar-refractivity contribution in [3.05, 3.63) is 23.8 Å². The van der Waals surface area contributed by atoms with Crippen molar-refractivity contribution in [3.63, 3.8) is 0 Å². The van der Waals surface area contributed by atoms with Gasteiger partial charge in [0.15, 0.2) is 0 Å². The normalized spacial score (nSPS) is 12.6. The fourth-order valence-corrected chi connectivity index (χ4v) is 1.58. The van der Waals surface area contributed by atoms with Gasteiger partial charge in [-0.3, -0.25) is 4.79 Å². The Hall–Kier alpha value is 0.0700. The Kier molecular flexibility index (Phi) is 3.88. The number of ketones is 1. The van der Waals surface area contributed by atoms with Gasteiger partial charge in [0, 0.05) is 9.79 Å². The van der Waals surface area contributed by atoms with Crippen LogP contribution >= 0.6 is 41.2 Å². The van der Waals surface area contributed by atoms with E-state index in [1.807, 2.05) is 18.2 Å². The van der Waals surface area contributed by atoms with Crippen LogP contribution in [0.4, 0.5) is 0 Å². The van der Waals surface area contributed by atoms with Gasteiger partial charge >= 0.3 is 0 Å². The summed E-state index contributed by atoms with van der Waals surface area (Å²) in [5.41, 5.74) is 0.912. The highest BCUT2D eigenvalue weighted by Crippen LogP contribution is 2.28. The van der Waals surface area contributed by atoms with Crippen LogP contribution in [0.15, 0.2) is 28.0 Å². The second kappa shape index (κ2) is 4.53. The number of hydrogen-bond donors (Lipinski definition) is 2. The molecular weight excluding hydrogens is 268 g/mol. The summed E-state index contributed by atoms with van der Waals surface area (Å²) in [5, 5.41) is 0. The minimum Gasteiger partial charge on any atom is -0.298 e. The predicted octanol–water partition coefficient (Wildman–Crippen LogP) is 3.29. The number of carbonyl (C=O) groups is 1. The van der Waals surface area contributed by atoms with E-state index in [2.05, 4.69) is 41.2 Å². The molecule has 0 bridgehead atoms. The number of benzene rings is 1. The molecule has 0 N–H and O–H groups in total. The molecule has 0 amide bonds. The lowest BCUT2D eigenvalue weighted by Crippen LogP contribution is -2.00. The van der Waals surface area contributed by atoms with Crippen LogP contribution in [-0.2, 0) is 4.79 Å². The Morgan fingerprint density at radius 2 is 2.00 bits per heavy atom. The summed E-state index contributed by atoms with van der Waals surface area (Å²) < 4.78 is 0. The molecule has 0 spiro atoms. The van der Waals surface area contributed by atoms with Crippen molar-refractivity contribution < 1.29 is 4.79 Å². The fraction of sp³-hybridized carbons (Fsp3) is 0.222. The summed E-state index contributed by atoms with van der Waals surface area (Å²) in [5.74, 6) is 0.0830. The minimum atomic E-state index is -0.243. The van der Waals surface area contributed by atoms with Gasteiger partial charge in [-0.15, -0.1) is 25.3 Å². The smallest absolute Gasteiger partial charge is 0.147 e. The fourth-order valence-electron chi connectivity index (χ4n) is 0.933. The molecule has 0 aromatic heterocycles. The van der Waals surface area contributed by atoms with Gasteiger partial charge in [-0.2, -0.15) is 0 Å². The standard InChI is InChI=1S/C9H9BrOS2/c1-5(11)9(10)6-2-3-7(12)8(13)4-6/h2-4,9,12-13H,1H3. The molecule has 1 aromatic carbocycles. The number of thiol groups is 2. The maximum absolute atomic E-state index is 11.0. The van der Waals surface area contributed by atoms with E-state index in [9.17, 15) is 4.79 Å². The zero-order chi connectivity index (χ0) is 10.0. The van der Waals surface area contributed by atoms with Gasteiger partial charge in [0.25, 0.3) is 0 Å². The molecule has 1 rings (SSSR count). The molecule has 70 valence electrons. The molecule has 13 heavy (non-hydrogen) atoms. The minimum absolute atomic E-state index is 0.0830. The number of rotatable bonds is 2. The van der Waals surface area contributed by atoms with Crippen molar-refractivity contribution in [2.45, 2.75) is 21.5 Å². The van der Waals surface area contributed by atoms with Crippen LogP contribution in [0.5, 0.6) is 0 Å². The van der Waals surface area contributed by atoms with Crippen LogP contribution in [0.3, 0.4) is 0 Å². The number of carbonyl (C=O) groups excluding carboxylic acids is 1. The number of alkyl halides is 1. The molecule has 0 aliphatic carbocycles. The molecule has 0 fully saturated rings. The van der Waals surface area contributed by atoms with Gasteiger partial charge in [0.1, 0.15) is 5.78 Å². The topological polar surface area (TPSA) is 17.1 Å². The van der Waals surface area contributed by atoms with E-state index in [1.165, 1.54) is 0 Å². The highest BCUT2D eigenvalue weighted by Gasteiger charge is 2.12. The molecule has 0 radical (unpaired) electrons. The Morgan fingerprint density at radius 1 is 1.38 bits per heavy atom. The zero-order valence-corrected chi connectivity index (χ0v) is 10.4. The van der Waals surface area contributed by atoms with Gasteiger partial charge in [-0.1, -0.05) is 22.0 Å². The number of halogens is 1. The average molecular weight is 277 g/mol. The molecule has 4 heteroatoms. The monoisotopic (exact) mass is 276 g/mol. The molecular formula is C9H9BrOS2. The second-order valence-electron chi connectivity index (χ2n) is 2.72. The largest absolute Gasteiger partial charge is 0.298 e. The summed E-state index contributed by atoms with van der Waals surface area (Å²) in [7, 11) is 0. The molecule has 0 saturated heterocycles. The van der Waals surface area contributed by atoms with Gasteiger partial charge in [0.05, 0.1) is 4.83 Å². The van der Waals surface area contributed by atoms with E-state index < -0.39 is 0 Å². The van der Waals surface area contributed by atoms with E-state index in [1.54, 1.807) is 6.92 Å². The Morgan fingerprint density at radius 3 is 2.46 bits per heavy atom. The molecule has 0 aliphatic rings. The highest BCUT2D eigenvalue weighted by atomic mass is 79.9. The molecule has 0 saturated carbocycles. The third-order valence-corrected chi connectivity index (χ3v) is 3.76. The first-order chi connectivity index (χ1) is 6.02. The van der Waals surface area contributed by atoms with Crippen LogP contribution in [0.2, 0.25) is 0 Å². The maximum Gasteiger partial charge on any atom is 0.147 e. The van der Waals surface area contributed by atoms with Crippen LogP contribution < -0.4 is 0 Å². The van der Waals surface area contributed by atoms with Crippen LogP contribution in [0, 0.1) is 0 Å². The van der Waals surface area contributed by atoms with Crippen molar-refractivity contribution in [1.82, 2.24) is 0 Å². The molecule has 0 aliphatic heterocycles. The summed E-state index contributed by atoms with van der Waals surface area (Å²) in [6.07, 6.45) is 0. The van der Waals surface area contributed by atoms with Crippen LogP contribution in [-0.4, -0.2) is 5.78 Å². The SMILES string of the molecule is CC(=O)C(Br)c1ccc(S)c(S)c1. The van der Waals surface area contributed by atoms with Crippen molar-refractivity contribution in [2.75, 3.05) is 0 Å². The molecule has 1 aromatic rings. The molecule has 1 atom stereocenters. The van der Waals surface area contributed by atoms with Crippen LogP contribution in [0.25, 0.3) is 0 Å². The lowest BCUT2D eigenvalue weighted by molar-refractivity contribution is -0.116. The van der Waals surface area contributed by atoms with Crippen molar-refractivity contribution in [3.8, 4) is 0 Å². The van der Waals surface area contributed by atoms with Crippen molar-refractivity contribution in [2.24, 2.45) is 0 Å². The first-order valence-electron chi connectivity index (χ1n) is 3.68. The van der Waals surface area contributed by atoms with Gasteiger partial charge in [-0.25, -0.2) is 0 Å². The number of hydrogen-bond acceptors (Lipinski definition) is 3. The number of Topliss-reactive ketones (excluding diaryl/α,β-unsaturated/α-hetero) is 1. The second-order valence-corrected chi connectivity index (χ2v) is 4.60. The molecule has 0 heterocycles. The van der Waals surface area contributed by atoms with Crippen molar-refractivity contribution >= 4 is 47.0 Å². The average Bonchev–Trinajstić information content (AvgIpc) is 2.08. The highest BCUT2D eigenvalue weighted by molar-refractivity contribution is 9.09. The van der Waals surface area contributed by atoms with Crippen LogP contribution in [0.1, 0.15) is 17.3 Å². The van der Waals surface area contributed by atoms with E-state index in [0.29, 0.717) is 0 Å². The summed E-state index contributed by atoms with van der Waals surface area (Å²) in [6.45, 7) is 1.55. The third-order valence-electron chi connectivity index (χ3n) is 1.65. The molecule has 1 unspecified atom stereocenters. The first kappa shape index (κ1) is 11.1. The molecule has 1 nitrogen and oxygen atoms in total. The van der Waals surface area contributed by atoms with Gasteiger partial charge < -0.3 is 0 Å². The predicted molar refractivity (Wildman–Crippen MR) is 63.3 cm³/mol. The lowest BCUT2D eigenvalue weighted by Gasteiger charge is -2.07. The lowest BCUT2D eigenvalue weighted by atomic mass is 10.1. The van der Waals surface area contributed by atoms with E-state index >= 15 is 0 Å². The van der Waals surface area contributed by atoms with E-state index in [-0.39, 0.29) is 10.6 Å². The Balaban J connectivity index is 3.03. The third kappa shape index (κ3) is 2.76. The van der Waals surface area contributed by atoms with E-state index in [0.717, 1.165) is 15.4 Å². The van der Waals surface area contributed by atoms with Gasteiger partial charge in [-0.05, 0) is 24.6 Å². The zero-order valence-electron chi connectivity index (χ0n) is 6.99. The first-order valence-corrected chi connectivity index (χ1v) is 5.50. The Labute approximate surface area is 96.9 Å². The summed E-state index contributed by atoms with van der Waals surface area (Å²) >= 11 is 11.7.